The summed E-state index contributed by atoms with van der Waals surface area (Å²) in [7, 11) is 0. The molecule has 2 aromatic carbocycles. The summed E-state index contributed by atoms with van der Waals surface area (Å²) in [6, 6.07) is 18.3. The molecule has 1 aliphatic rings. The lowest BCUT2D eigenvalue weighted by Gasteiger charge is -2.24. The third-order valence-corrected chi connectivity index (χ3v) is 4.72. The summed E-state index contributed by atoms with van der Waals surface area (Å²) in [5, 5.41) is 2.95. The van der Waals surface area contributed by atoms with Crippen LogP contribution in [0.3, 0.4) is 0 Å². The van der Waals surface area contributed by atoms with Gasteiger partial charge in [0.25, 0.3) is 0 Å². The van der Waals surface area contributed by atoms with Gasteiger partial charge in [-0.25, -0.2) is 0 Å². The van der Waals surface area contributed by atoms with E-state index in [0.29, 0.717) is 32.3 Å². The predicted octanol–water partition coefficient (Wildman–Crippen LogP) is 3.42. The van der Waals surface area contributed by atoms with E-state index < -0.39 is 0 Å². The van der Waals surface area contributed by atoms with E-state index in [1.807, 2.05) is 37.3 Å². The van der Waals surface area contributed by atoms with Gasteiger partial charge in [0.15, 0.2) is 0 Å². The van der Waals surface area contributed by atoms with Crippen LogP contribution in [0.1, 0.15) is 31.4 Å². The van der Waals surface area contributed by atoms with Crippen LogP contribution in [0.4, 0.5) is 0 Å². The van der Waals surface area contributed by atoms with Crippen molar-refractivity contribution in [1.82, 2.24) is 10.2 Å². The average molecular weight is 368 g/mol. The first-order valence-electron chi connectivity index (χ1n) is 9.67. The number of ether oxygens (including phenoxy) is 2. The van der Waals surface area contributed by atoms with Gasteiger partial charge in [-0.05, 0) is 56.1 Å². The number of likely N-dealkylation sites (tertiary alicyclic amines) is 1. The Morgan fingerprint density at radius 3 is 2.48 bits per heavy atom. The van der Waals surface area contributed by atoms with Gasteiger partial charge in [0.05, 0.1) is 19.7 Å². The smallest absolute Gasteiger partial charge is 0.234 e. The monoisotopic (exact) mass is 368 g/mol. The SMILES string of the molecule is CCOc1ccc(OCCNC(=O)CN2CCC[C@@H]2c2ccccc2)cc1. The van der Waals surface area contributed by atoms with E-state index in [0.717, 1.165) is 30.9 Å². The van der Waals surface area contributed by atoms with E-state index in [1.54, 1.807) is 0 Å². The minimum absolute atomic E-state index is 0.0492. The number of nitrogens with one attached hydrogen (secondary N) is 1. The number of rotatable bonds is 9. The third-order valence-electron chi connectivity index (χ3n) is 4.72. The summed E-state index contributed by atoms with van der Waals surface area (Å²) < 4.78 is 11.1. The molecule has 0 radical (unpaired) electrons. The van der Waals surface area contributed by atoms with E-state index in [4.69, 9.17) is 9.47 Å². The second kappa shape index (κ2) is 9.97. The van der Waals surface area contributed by atoms with Gasteiger partial charge in [-0.2, -0.15) is 0 Å². The van der Waals surface area contributed by atoms with E-state index in [2.05, 4.69) is 34.5 Å². The van der Waals surface area contributed by atoms with Gasteiger partial charge in [0.1, 0.15) is 18.1 Å². The molecular formula is C22H28N2O3. The highest BCUT2D eigenvalue weighted by atomic mass is 16.5. The molecule has 144 valence electrons. The summed E-state index contributed by atoms with van der Waals surface area (Å²) in [6.07, 6.45) is 2.24. The zero-order valence-corrected chi connectivity index (χ0v) is 15.9. The number of amides is 1. The van der Waals surface area contributed by atoms with Crippen molar-refractivity contribution in [3.05, 3.63) is 60.2 Å². The Labute approximate surface area is 161 Å². The third kappa shape index (κ3) is 5.73. The van der Waals surface area contributed by atoms with Crippen LogP contribution in [0.15, 0.2) is 54.6 Å². The second-order valence-electron chi connectivity index (χ2n) is 6.64. The van der Waals surface area contributed by atoms with Crippen molar-refractivity contribution in [1.29, 1.82) is 0 Å². The van der Waals surface area contributed by atoms with Gasteiger partial charge in [0.2, 0.25) is 5.91 Å². The minimum Gasteiger partial charge on any atom is -0.494 e. The maximum atomic E-state index is 12.3. The average Bonchev–Trinajstić information content (AvgIpc) is 3.15. The van der Waals surface area contributed by atoms with Crippen LogP contribution in [0.5, 0.6) is 11.5 Å². The molecule has 1 atom stereocenters. The fraction of sp³-hybridized carbons (Fsp3) is 0.409. The number of nitrogens with zero attached hydrogens (tertiary/aromatic N) is 1. The number of carbonyl (C=O) groups is 1. The van der Waals surface area contributed by atoms with Crippen molar-refractivity contribution in [2.24, 2.45) is 0 Å². The Kier molecular flexibility index (Phi) is 7.11. The molecular weight excluding hydrogens is 340 g/mol. The molecule has 5 heteroatoms. The Morgan fingerprint density at radius 2 is 1.78 bits per heavy atom. The van der Waals surface area contributed by atoms with E-state index in [-0.39, 0.29) is 5.91 Å². The molecule has 0 aromatic heterocycles. The first-order chi connectivity index (χ1) is 13.3. The lowest BCUT2D eigenvalue weighted by molar-refractivity contribution is -0.122. The standard InChI is InChI=1S/C22H28N2O3/c1-2-26-19-10-12-20(13-11-19)27-16-14-23-22(25)17-24-15-6-9-21(24)18-7-4-3-5-8-18/h3-5,7-8,10-13,21H,2,6,9,14-17H2,1H3,(H,23,25)/t21-/m1/s1. The summed E-state index contributed by atoms with van der Waals surface area (Å²) in [6.45, 7) is 4.95. The number of carbonyl (C=O) groups excluding carboxylic acids is 1. The molecule has 1 heterocycles. The van der Waals surface area contributed by atoms with Crippen LogP contribution >= 0.6 is 0 Å². The Balaban J connectivity index is 1.38. The zero-order chi connectivity index (χ0) is 18.9. The Bertz CT molecular complexity index is 703. The van der Waals surface area contributed by atoms with Crippen molar-refractivity contribution in [2.45, 2.75) is 25.8 Å². The summed E-state index contributed by atoms with van der Waals surface area (Å²) in [4.78, 5) is 14.5. The van der Waals surface area contributed by atoms with E-state index in [1.165, 1.54) is 5.56 Å². The number of benzene rings is 2. The molecule has 2 aromatic rings. The summed E-state index contributed by atoms with van der Waals surface area (Å²) >= 11 is 0. The molecule has 1 aliphatic heterocycles. The quantitative estimate of drug-likeness (QED) is 0.689. The zero-order valence-electron chi connectivity index (χ0n) is 15.9. The van der Waals surface area contributed by atoms with Crippen molar-refractivity contribution in [3.63, 3.8) is 0 Å². The largest absolute Gasteiger partial charge is 0.494 e. The predicted molar refractivity (Wildman–Crippen MR) is 106 cm³/mol. The van der Waals surface area contributed by atoms with Gasteiger partial charge < -0.3 is 14.8 Å². The second-order valence-corrected chi connectivity index (χ2v) is 6.64. The lowest BCUT2D eigenvalue weighted by atomic mass is 10.0. The van der Waals surface area contributed by atoms with E-state index >= 15 is 0 Å². The highest BCUT2D eigenvalue weighted by molar-refractivity contribution is 5.78. The fourth-order valence-electron chi connectivity index (χ4n) is 3.47. The van der Waals surface area contributed by atoms with Crippen LogP contribution < -0.4 is 14.8 Å². The Hall–Kier alpha value is -2.53. The molecule has 0 aliphatic carbocycles. The maximum absolute atomic E-state index is 12.3. The molecule has 3 rings (SSSR count). The lowest BCUT2D eigenvalue weighted by Crippen LogP contribution is -2.38. The first-order valence-corrected chi connectivity index (χ1v) is 9.67. The molecule has 1 N–H and O–H groups in total. The van der Waals surface area contributed by atoms with Gasteiger partial charge >= 0.3 is 0 Å². The van der Waals surface area contributed by atoms with Crippen LogP contribution in [0, 0.1) is 0 Å². The molecule has 1 saturated heterocycles. The molecule has 0 bridgehead atoms. The maximum Gasteiger partial charge on any atom is 0.234 e. The van der Waals surface area contributed by atoms with Crippen LogP contribution in [0.2, 0.25) is 0 Å². The van der Waals surface area contributed by atoms with Crippen LogP contribution in [0.25, 0.3) is 0 Å². The highest BCUT2D eigenvalue weighted by Gasteiger charge is 2.27. The molecule has 5 nitrogen and oxygen atoms in total. The normalized spacial score (nSPS) is 16.9. The molecule has 0 spiro atoms. The Morgan fingerprint density at radius 1 is 1.07 bits per heavy atom. The topological polar surface area (TPSA) is 50.8 Å². The van der Waals surface area contributed by atoms with Gasteiger partial charge in [-0.15, -0.1) is 0 Å². The number of hydrogen-bond acceptors (Lipinski definition) is 4. The van der Waals surface area contributed by atoms with Crippen molar-refractivity contribution in [2.75, 3.05) is 32.8 Å². The minimum atomic E-state index is 0.0492. The van der Waals surface area contributed by atoms with Gasteiger partial charge in [-0.3, -0.25) is 9.69 Å². The van der Waals surface area contributed by atoms with Crippen molar-refractivity contribution >= 4 is 5.91 Å². The van der Waals surface area contributed by atoms with E-state index in [9.17, 15) is 4.79 Å². The fourth-order valence-corrected chi connectivity index (χ4v) is 3.47. The van der Waals surface area contributed by atoms with Gasteiger partial charge in [-0.1, -0.05) is 30.3 Å². The van der Waals surface area contributed by atoms with Crippen LogP contribution in [-0.4, -0.2) is 43.7 Å². The summed E-state index contributed by atoms with van der Waals surface area (Å²) in [5.74, 6) is 1.65. The summed E-state index contributed by atoms with van der Waals surface area (Å²) in [5.41, 5.74) is 1.29. The molecule has 27 heavy (non-hydrogen) atoms. The number of hydrogen-bond donors (Lipinski definition) is 1. The molecule has 1 fully saturated rings. The van der Waals surface area contributed by atoms with Crippen LogP contribution in [-0.2, 0) is 4.79 Å². The molecule has 0 saturated carbocycles. The molecule has 1 amide bonds. The van der Waals surface area contributed by atoms with Crippen molar-refractivity contribution in [3.8, 4) is 11.5 Å². The first kappa shape index (κ1) is 19.2. The van der Waals surface area contributed by atoms with Gasteiger partial charge in [0, 0.05) is 6.04 Å². The molecule has 0 unspecified atom stereocenters. The highest BCUT2D eigenvalue weighted by Crippen LogP contribution is 2.31. The van der Waals surface area contributed by atoms with Crippen molar-refractivity contribution < 1.29 is 14.3 Å².